The number of aromatic amines is 1. The van der Waals surface area contributed by atoms with Crippen LogP contribution in [0, 0.1) is 12.8 Å². The molecule has 2 aromatic heterocycles. The van der Waals surface area contributed by atoms with Crippen molar-refractivity contribution in [2.24, 2.45) is 5.92 Å². The van der Waals surface area contributed by atoms with Gasteiger partial charge >= 0.3 is 0 Å². The molecule has 2 aliphatic heterocycles. The Kier molecular flexibility index (Phi) is 5.57. The van der Waals surface area contributed by atoms with E-state index in [0.717, 1.165) is 73.0 Å². The van der Waals surface area contributed by atoms with Crippen LogP contribution >= 0.6 is 0 Å². The maximum atomic E-state index is 12.5. The number of nitrogens with zero attached hydrogens (tertiary/aromatic N) is 5. The molecule has 0 radical (unpaired) electrons. The Hall–Kier alpha value is -3.33. The lowest BCUT2D eigenvalue weighted by molar-refractivity contribution is -0.117. The van der Waals surface area contributed by atoms with Gasteiger partial charge in [0.05, 0.1) is 11.9 Å². The first-order valence-electron chi connectivity index (χ1n) is 11.1. The third kappa shape index (κ3) is 3.95. The Bertz CT molecular complexity index is 1120. The topological polar surface area (TPSA) is 109 Å². The Labute approximate surface area is 188 Å². The van der Waals surface area contributed by atoms with Gasteiger partial charge in [0.25, 0.3) is 0 Å². The van der Waals surface area contributed by atoms with E-state index in [1.54, 1.807) is 6.20 Å². The molecule has 2 N–H and O–H groups in total. The van der Waals surface area contributed by atoms with E-state index in [0.29, 0.717) is 11.7 Å². The predicted molar refractivity (Wildman–Crippen MR) is 123 cm³/mol. The summed E-state index contributed by atoms with van der Waals surface area (Å²) < 4.78 is 5.48. The number of amides is 1. The molecule has 0 spiro atoms. The van der Waals surface area contributed by atoms with Crippen molar-refractivity contribution in [1.29, 1.82) is 0 Å². The number of carbonyl (C=O) groups excluding carboxylic acids is 1. The minimum absolute atomic E-state index is 0. The lowest BCUT2D eigenvalue weighted by Crippen LogP contribution is -2.48. The molecule has 32 heavy (non-hydrogen) atoms. The van der Waals surface area contributed by atoms with Crippen molar-refractivity contribution >= 4 is 17.5 Å². The van der Waals surface area contributed by atoms with Gasteiger partial charge in [-0.2, -0.15) is 5.10 Å². The first-order chi connectivity index (χ1) is 15.6. The first-order valence-corrected chi connectivity index (χ1v) is 11.1. The maximum Gasteiger partial charge on any atom is 0.248 e. The van der Waals surface area contributed by atoms with E-state index in [1.807, 2.05) is 26.0 Å². The van der Waals surface area contributed by atoms with Crippen LogP contribution in [0.4, 0.5) is 11.6 Å². The average Bonchev–Trinajstić information content (AvgIpc) is 3.35. The fourth-order valence-electron chi connectivity index (χ4n) is 4.44. The zero-order valence-electron chi connectivity index (χ0n) is 18.3. The minimum atomic E-state index is -0.290. The largest absolute Gasteiger partial charge is 0.381 e. The maximum absolute atomic E-state index is 12.5. The summed E-state index contributed by atoms with van der Waals surface area (Å²) in [6.45, 7) is 6.39. The number of aryl methyl sites for hydroxylation is 1. The van der Waals surface area contributed by atoms with Crippen LogP contribution in [-0.4, -0.2) is 56.9 Å². The zero-order valence-corrected chi connectivity index (χ0v) is 18.3. The Morgan fingerprint density at radius 1 is 1.25 bits per heavy atom. The number of ether oxygens (including phenoxy) is 1. The Morgan fingerprint density at radius 3 is 2.84 bits per heavy atom. The molecule has 1 saturated heterocycles. The number of aromatic nitrogens is 5. The second-order valence-electron chi connectivity index (χ2n) is 8.49. The highest BCUT2D eigenvalue weighted by molar-refractivity contribution is 6.01. The fraction of sp³-hybridized carbons (Fsp3) is 0.435. The molecule has 9 heteroatoms. The molecule has 0 saturated carbocycles. The normalized spacial score (nSPS) is 19.0. The summed E-state index contributed by atoms with van der Waals surface area (Å²) in [7, 11) is 0. The summed E-state index contributed by atoms with van der Waals surface area (Å²) in [6, 6.07) is 5.80. The summed E-state index contributed by atoms with van der Waals surface area (Å²) in [5.41, 5.74) is 3.81. The first kappa shape index (κ1) is 20.6. The number of benzene rings is 1. The van der Waals surface area contributed by atoms with Crippen LogP contribution in [0.25, 0.3) is 22.6 Å². The van der Waals surface area contributed by atoms with Gasteiger partial charge in [0.15, 0.2) is 17.5 Å². The molecule has 1 fully saturated rings. The van der Waals surface area contributed by atoms with Crippen LogP contribution in [0.3, 0.4) is 0 Å². The van der Waals surface area contributed by atoms with Crippen molar-refractivity contribution in [3.05, 3.63) is 36.3 Å². The monoisotopic (exact) mass is 435 g/mol. The number of hydrogen-bond donors (Lipinski definition) is 2. The van der Waals surface area contributed by atoms with E-state index in [1.165, 1.54) is 6.33 Å². The van der Waals surface area contributed by atoms with Gasteiger partial charge in [-0.15, -0.1) is 0 Å². The van der Waals surface area contributed by atoms with E-state index in [4.69, 9.17) is 9.72 Å². The Balaban J connectivity index is 0.00000259. The summed E-state index contributed by atoms with van der Waals surface area (Å²) >= 11 is 0. The number of fused-ring (bicyclic) bond motifs is 1. The smallest absolute Gasteiger partial charge is 0.248 e. The van der Waals surface area contributed by atoms with Crippen molar-refractivity contribution in [2.45, 2.75) is 39.2 Å². The number of carbonyl (C=O) groups is 1. The minimum Gasteiger partial charge on any atom is -0.381 e. The van der Waals surface area contributed by atoms with Gasteiger partial charge in [-0.1, -0.05) is 12.1 Å². The van der Waals surface area contributed by atoms with E-state index in [9.17, 15) is 4.79 Å². The lowest BCUT2D eigenvalue weighted by atomic mass is 9.96. The summed E-state index contributed by atoms with van der Waals surface area (Å²) in [6.07, 6.45) is 6.38. The van der Waals surface area contributed by atoms with Gasteiger partial charge < -0.3 is 15.0 Å². The van der Waals surface area contributed by atoms with Crippen LogP contribution in [0.2, 0.25) is 0 Å². The van der Waals surface area contributed by atoms with Crippen molar-refractivity contribution < 1.29 is 11.0 Å². The van der Waals surface area contributed by atoms with Gasteiger partial charge in [0.2, 0.25) is 5.91 Å². The molecule has 3 aromatic rings. The number of nitrogens with one attached hydrogen (secondary N) is 2. The molecule has 0 aliphatic carbocycles. The Morgan fingerprint density at radius 2 is 2.09 bits per heavy atom. The van der Waals surface area contributed by atoms with Gasteiger partial charge in [-0.3, -0.25) is 9.89 Å². The highest BCUT2D eigenvalue weighted by Gasteiger charge is 2.32. The van der Waals surface area contributed by atoms with Crippen LogP contribution in [0.1, 0.15) is 33.2 Å². The van der Waals surface area contributed by atoms with Crippen molar-refractivity contribution in [1.82, 2.24) is 25.1 Å². The quantitative estimate of drug-likeness (QED) is 0.632. The van der Waals surface area contributed by atoms with E-state index in [-0.39, 0.29) is 13.4 Å². The van der Waals surface area contributed by atoms with Gasteiger partial charge in [-0.05, 0) is 50.7 Å². The predicted octanol–water partition coefficient (Wildman–Crippen LogP) is 3.45. The van der Waals surface area contributed by atoms with Crippen LogP contribution in [0.5, 0.6) is 0 Å². The number of rotatable bonds is 5. The van der Waals surface area contributed by atoms with Crippen LogP contribution in [-0.2, 0) is 9.53 Å². The molecule has 5 rings (SSSR count). The van der Waals surface area contributed by atoms with Gasteiger partial charge in [0, 0.05) is 32.3 Å². The van der Waals surface area contributed by atoms with Crippen molar-refractivity contribution in [2.75, 3.05) is 30.0 Å². The van der Waals surface area contributed by atoms with Gasteiger partial charge in [-0.25, -0.2) is 15.0 Å². The molecule has 1 amide bonds. The third-order valence-electron chi connectivity index (χ3n) is 6.42. The van der Waals surface area contributed by atoms with Crippen molar-refractivity contribution in [3.8, 4) is 22.6 Å². The number of anilines is 2. The zero-order chi connectivity index (χ0) is 22.1. The summed E-state index contributed by atoms with van der Waals surface area (Å²) in [5.74, 6) is 2.57. The highest BCUT2D eigenvalue weighted by Crippen LogP contribution is 2.33. The third-order valence-corrected chi connectivity index (χ3v) is 6.42. The summed E-state index contributed by atoms with van der Waals surface area (Å²) in [4.78, 5) is 28.4. The summed E-state index contributed by atoms with van der Waals surface area (Å²) in [5, 5.41) is 9.72. The molecular formula is C23H29N7O2. The highest BCUT2D eigenvalue weighted by atomic mass is 16.5. The van der Waals surface area contributed by atoms with Crippen molar-refractivity contribution in [3.63, 3.8) is 0 Å². The second kappa shape index (κ2) is 8.66. The van der Waals surface area contributed by atoms with E-state index >= 15 is 0 Å². The van der Waals surface area contributed by atoms with E-state index in [2.05, 4.69) is 36.4 Å². The molecular weight excluding hydrogens is 406 g/mol. The standard InChI is InChI=1S/C23H27N7O2.H2/c1-14-11-17(20-25-13-26-29-20)3-4-18(14)19-12-24-21-22(27-19)30(15(2)23(31)28-21)8-5-16-6-9-32-10-7-16;/h3-4,11-13,15-16H,5-10H2,1-2H3,(H,24,28,31)(H,25,26,29);1H. The lowest BCUT2D eigenvalue weighted by Gasteiger charge is -2.36. The fourth-order valence-corrected chi connectivity index (χ4v) is 4.44. The molecule has 1 atom stereocenters. The van der Waals surface area contributed by atoms with Crippen LogP contribution < -0.4 is 10.2 Å². The van der Waals surface area contributed by atoms with Crippen LogP contribution in [0.15, 0.2) is 30.7 Å². The molecule has 9 nitrogen and oxygen atoms in total. The SMILES string of the molecule is Cc1cc(-c2ncn[nH]2)ccc1-c1cnc2c(n1)N(CCC1CCOCC1)C(C)C(=O)N2.[HH]. The molecule has 0 bridgehead atoms. The molecule has 2 aliphatic rings. The second-order valence-corrected chi connectivity index (χ2v) is 8.49. The number of hydrogen-bond acceptors (Lipinski definition) is 7. The molecule has 1 aromatic carbocycles. The molecule has 1 unspecified atom stereocenters. The van der Waals surface area contributed by atoms with E-state index < -0.39 is 0 Å². The number of H-pyrrole nitrogens is 1. The average molecular weight is 436 g/mol. The van der Waals surface area contributed by atoms with Gasteiger partial charge in [0.1, 0.15) is 12.4 Å². The molecule has 168 valence electrons. The molecule has 4 heterocycles.